The molecule has 3 aromatic heterocycles. The number of amides is 2. The van der Waals surface area contributed by atoms with Gasteiger partial charge in [-0.05, 0) is 132 Å². The summed E-state index contributed by atoms with van der Waals surface area (Å²) in [6.45, 7) is 22.6. The Morgan fingerprint density at radius 2 is 1.26 bits per heavy atom. The second-order valence-electron chi connectivity index (χ2n) is 17.9. The molecule has 1 aliphatic rings. The molecule has 0 aliphatic carbocycles. The number of aromatic amines is 1. The maximum atomic E-state index is 13.6. The van der Waals surface area contributed by atoms with Crippen LogP contribution in [0, 0.1) is 17.0 Å². The monoisotopic (exact) mass is 954 g/mol. The molecule has 4 heterocycles. The van der Waals surface area contributed by atoms with E-state index in [-0.39, 0.29) is 35.2 Å². The number of pyridine rings is 3. The Hall–Kier alpha value is -6.65. The van der Waals surface area contributed by atoms with Crippen LogP contribution >= 0.6 is 0 Å². The molecular formula is C53H77F2N11O3. The van der Waals surface area contributed by atoms with Crippen LogP contribution in [0.5, 0.6) is 0 Å². The van der Waals surface area contributed by atoms with Gasteiger partial charge in [0.1, 0.15) is 28.8 Å². The second-order valence-corrected chi connectivity index (χ2v) is 17.9. The Labute approximate surface area is 409 Å². The van der Waals surface area contributed by atoms with Crippen molar-refractivity contribution in [1.29, 1.82) is 0 Å². The molecule has 6 rings (SSSR count). The molecular weight excluding hydrogens is 877 g/mol. The number of nitrogens with two attached hydrogens (primary N) is 1. The van der Waals surface area contributed by atoms with Crippen molar-refractivity contribution in [3.05, 3.63) is 155 Å². The number of benzene rings is 2. The minimum atomic E-state index is -0.945. The largest absolute Gasteiger partial charge is 0.400 e. The molecule has 2 aromatic carbocycles. The number of hydrogen-bond donors (Lipinski definition) is 4. The van der Waals surface area contributed by atoms with Crippen LogP contribution in [0.25, 0.3) is 0 Å². The summed E-state index contributed by atoms with van der Waals surface area (Å²) in [6, 6.07) is 24.9. The zero-order chi connectivity index (χ0) is 50.4. The van der Waals surface area contributed by atoms with E-state index in [0.717, 1.165) is 48.9 Å². The fourth-order valence-electron chi connectivity index (χ4n) is 6.92. The van der Waals surface area contributed by atoms with Crippen molar-refractivity contribution in [2.24, 2.45) is 11.1 Å². The molecule has 14 nitrogen and oxygen atoms in total. The molecule has 0 saturated carbocycles. The van der Waals surface area contributed by atoms with Gasteiger partial charge in [0.25, 0.3) is 5.91 Å². The lowest BCUT2D eigenvalue weighted by atomic mass is 9.94. The summed E-state index contributed by atoms with van der Waals surface area (Å²) in [6.07, 6.45) is 9.31. The molecule has 16 heteroatoms. The highest BCUT2D eigenvalue weighted by atomic mass is 19.1. The van der Waals surface area contributed by atoms with Crippen LogP contribution in [0.1, 0.15) is 86.3 Å². The van der Waals surface area contributed by atoms with E-state index in [1.54, 1.807) is 78.6 Å². The predicted octanol–water partition coefficient (Wildman–Crippen LogP) is 9.29. The Balaban J connectivity index is 0.000000402. The minimum absolute atomic E-state index is 0. The lowest BCUT2D eigenvalue weighted by Gasteiger charge is -2.33. The van der Waals surface area contributed by atoms with E-state index < -0.39 is 11.0 Å². The van der Waals surface area contributed by atoms with Crippen LogP contribution in [0.2, 0.25) is 0 Å². The van der Waals surface area contributed by atoms with Crippen molar-refractivity contribution in [3.8, 4) is 0 Å². The molecule has 1 aliphatic heterocycles. The van der Waals surface area contributed by atoms with E-state index in [1.165, 1.54) is 43.2 Å². The van der Waals surface area contributed by atoms with Crippen molar-refractivity contribution >= 4 is 34.8 Å². The summed E-state index contributed by atoms with van der Waals surface area (Å²) in [7, 11) is 3.85. The van der Waals surface area contributed by atoms with Crippen LogP contribution in [0.15, 0.2) is 126 Å². The lowest BCUT2D eigenvalue weighted by molar-refractivity contribution is -0.126. The maximum absolute atomic E-state index is 13.6. The van der Waals surface area contributed by atoms with Crippen molar-refractivity contribution in [2.45, 2.75) is 93.8 Å². The van der Waals surface area contributed by atoms with Gasteiger partial charge >= 0.3 is 0 Å². The molecule has 0 spiro atoms. The van der Waals surface area contributed by atoms with Gasteiger partial charge in [-0.1, -0.05) is 52.8 Å². The SMILES string of the molecule is CC.CC(C)(C)C(=O)N(Cc1ccc(N2CCCC2)nc1)c1ccc(F)cc1.CCN(CC)c1ccc(CN(C(=O)C(C)(C)N/C=C(\N)CN(C)C)c2ccc(F)cc2)cn1.N.O=c1cccc[nH]1. The summed E-state index contributed by atoms with van der Waals surface area (Å²) in [5, 5.41) is 3.15. The number of halogens is 2. The molecule has 0 atom stereocenters. The van der Waals surface area contributed by atoms with Gasteiger partial charge in [0.2, 0.25) is 11.5 Å². The first-order chi connectivity index (χ1) is 32.3. The van der Waals surface area contributed by atoms with E-state index in [2.05, 4.69) is 43.9 Å². The summed E-state index contributed by atoms with van der Waals surface area (Å²) < 4.78 is 26.8. The first-order valence-corrected chi connectivity index (χ1v) is 23.4. The van der Waals surface area contributed by atoms with Crippen LogP contribution in [-0.2, 0) is 22.7 Å². The Kier molecular flexibility index (Phi) is 24.3. The number of nitrogens with zero attached hydrogens (tertiary/aromatic N) is 7. The standard InChI is InChI=1S/C25H37FN6O.C21H26FN3O.C5H5NO.C2H6.H3N/c1-7-31(8-2)23-14-9-19(15-28-23)17-32(22-12-10-20(26)11-13-22)24(33)25(3,4)29-16-21(27)18-30(5)6;1-21(2,3)20(26)25(18-9-7-17(22)8-10-18)15-16-6-11-19(23-14-16)24-12-4-5-13-24;7-5-3-1-2-4-6-5;1-2;/h9-16,29H,7-8,17-18,27H2,1-6H3;6-11,14H,4-5,12-13,15H2,1-3H3;1-4H,(H,6,7);1-2H3;1H3/b21-16-;;;;. The van der Waals surface area contributed by atoms with E-state index in [9.17, 15) is 23.2 Å². The van der Waals surface area contributed by atoms with Crippen LogP contribution in [0.4, 0.5) is 31.8 Å². The quantitative estimate of drug-likeness (QED) is 0.0785. The number of rotatable bonds is 15. The number of H-pyrrole nitrogens is 1. The van der Waals surface area contributed by atoms with Gasteiger partial charge in [-0.25, -0.2) is 18.7 Å². The second kappa shape index (κ2) is 28.6. The topological polar surface area (TPSA) is 182 Å². The third-order valence-corrected chi connectivity index (χ3v) is 10.6. The molecule has 0 bridgehead atoms. The fourth-order valence-corrected chi connectivity index (χ4v) is 6.92. The number of nitrogens with one attached hydrogen (secondary N) is 2. The van der Waals surface area contributed by atoms with Gasteiger partial charge in [-0.3, -0.25) is 14.4 Å². The number of carbonyl (C=O) groups excluding carboxylic acids is 2. The van der Waals surface area contributed by atoms with Gasteiger partial charge in [0, 0.05) is 86.1 Å². The summed E-state index contributed by atoms with van der Waals surface area (Å²) >= 11 is 0. The molecule has 7 N–H and O–H groups in total. The molecule has 69 heavy (non-hydrogen) atoms. The number of carbonyl (C=O) groups is 2. The van der Waals surface area contributed by atoms with Crippen LogP contribution in [-0.4, -0.2) is 84.0 Å². The predicted molar refractivity (Wildman–Crippen MR) is 280 cm³/mol. The van der Waals surface area contributed by atoms with E-state index in [0.29, 0.717) is 36.7 Å². The fraction of sp³-hybridized carbons (Fsp3) is 0.415. The molecule has 376 valence electrons. The highest BCUT2D eigenvalue weighted by Gasteiger charge is 2.33. The first kappa shape index (κ1) is 58.5. The number of aromatic nitrogens is 3. The Bertz CT molecular complexity index is 2320. The zero-order valence-corrected chi connectivity index (χ0v) is 42.7. The molecule has 5 aromatic rings. The smallest absolute Gasteiger partial charge is 0.252 e. The summed E-state index contributed by atoms with van der Waals surface area (Å²) in [4.78, 5) is 58.1. The number of likely N-dealkylation sites (N-methyl/N-ethyl adjacent to an activating group) is 1. The van der Waals surface area contributed by atoms with Crippen molar-refractivity contribution < 1.29 is 18.4 Å². The van der Waals surface area contributed by atoms with Crippen LogP contribution in [0.3, 0.4) is 0 Å². The molecule has 0 radical (unpaired) electrons. The highest BCUT2D eigenvalue weighted by Crippen LogP contribution is 2.27. The Morgan fingerprint density at radius 3 is 1.65 bits per heavy atom. The van der Waals surface area contributed by atoms with Crippen molar-refractivity contribution in [2.75, 3.05) is 66.4 Å². The van der Waals surface area contributed by atoms with E-state index >= 15 is 0 Å². The van der Waals surface area contributed by atoms with Gasteiger partial charge in [-0.15, -0.1) is 0 Å². The van der Waals surface area contributed by atoms with Gasteiger partial charge < -0.3 is 46.7 Å². The third kappa shape index (κ3) is 19.1. The molecule has 2 amide bonds. The highest BCUT2D eigenvalue weighted by molar-refractivity contribution is 6.00. The molecule has 0 unspecified atom stereocenters. The van der Waals surface area contributed by atoms with Gasteiger partial charge in [-0.2, -0.15) is 0 Å². The van der Waals surface area contributed by atoms with Crippen molar-refractivity contribution in [1.82, 2.24) is 31.3 Å². The van der Waals surface area contributed by atoms with Gasteiger partial charge in [0.05, 0.1) is 13.1 Å². The summed E-state index contributed by atoms with van der Waals surface area (Å²) in [5.74, 6) is 1.04. The zero-order valence-electron chi connectivity index (χ0n) is 42.7. The Morgan fingerprint density at radius 1 is 0.754 bits per heavy atom. The van der Waals surface area contributed by atoms with E-state index in [1.807, 2.05) is 84.1 Å². The van der Waals surface area contributed by atoms with Crippen LogP contribution < -0.4 is 42.4 Å². The average molecular weight is 954 g/mol. The minimum Gasteiger partial charge on any atom is -0.400 e. The first-order valence-electron chi connectivity index (χ1n) is 23.4. The summed E-state index contributed by atoms with van der Waals surface area (Å²) in [5.41, 5.74) is 8.26. The van der Waals surface area contributed by atoms with E-state index in [4.69, 9.17) is 5.73 Å². The third-order valence-electron chi connectivity index (χ3n) is 10.6. The number of hydrogen-bond acceptors (Lipinski definition) is 11. The molecule has 1 saturated heterocycles. The van der Waals surface area contributed by atoms with Gasteiger partial charge in [0.15, 0.2) is 0 Å². The number of anilines is 4. The lowest BCUT2D eigenvalue weighted by Crippen LogP contribution is -2.52. The van der Waals surface area contributed by atoms with Crippen molar-refractivity contribution in [3.63, 3.8) is 0 Å². The maximum Gasteiger partial charge on any atom is 0.252 e. The molecule has 1 fully saturated rings. The average Bonchev–Trinajstić information content (AvgIpc) is 3.87. The normalized spacial score (nSPS) is 12.2.